The minimum atomic E-state index is 0.130. The van der Waals surface area contributed by atoms with Crippen LogP contribution in [-0.4, -0.2) is 18.1 Å². The van der Waals surface area contributed by atoms with Gasteiger partial charge in [-0.1, -0.05) is 51.4 Å². The first-order valence-electron chi connectivity index (χ1n) is 8.05. The van der Waals surface area contributed by atoms with Gasteiger partial charge in [-0.25, -0.2) is 4.98 Å². The van der Waals surface area contributed by atoms with Gasteiger partial charge in [-0.2, -0.15) is 0 Å². The van der Waals surface area contributed by atoms with Crippen molar-refractivity contribution in [3.05, 3.63) is 42.5 Å². The second-order valence-corrected chi connectivity index (χ2v) is 8.01. The van der Waals surface area contributed by atoms with Crippen LogP contribution in [0.3, 0.4) is 0 Å². The molecule has 0 spiro atoms. The minimum Gasteiger partial charge on any atom is -0.369 e. The van der Waals surface area contributed by atoms with Gasteiger partial charge in [0, 0.05) is 18.1 Å². The van der Waals surface area contributed by atoms with Crippen molar-refractivity contribution in [2.75, 3.05) is 23.7 Å². The maximum Gasteiger partial charge on any atom is 0.129 e. The first-order chi connectivity index (χ1) is 10.7. The predicted molar refractivity (Wildman–Crippen MR) is 103 cm³/mol. The minimum absolute atomic E-state index is 0.130. The monoisotopic (exact) mass is 335 g/mol. The van der Waals surface area contributed by atoms with E-state index >= 15 is 0 Å². The molecule has 1 aromatic rings. The van der Waals surface area contributed by atoms with E-state index in [4.69, 9.17) is 11.6 Å². The zero-order chi connectivity index (χ0) is 17.5. The maximum absolute atomic E-state index is 6.22. The Morgan fingerprint density at radius 3 is 1.70 bits per heavy atom. The molecule has 23 heavy (non-hydrogen) atoms. The van der Waals surface area contributed by atoms with Crippen LogP contribution in [0.2, 0.25) is 5.02 Å². The van der Waals surface area contributed by atoms with Crippen molar-refractivity contribution in [2.24, 2.45) is 10.8 Å². The van der Waals surface area contributed by atoms with Gasteiger partial charge in [-0.05, 0) is 35.8 Å². The van der Waals surface area contributed by atoms with Crippen molar-refractivity contribution < 1.29 is 0 Å². The van der Waals surface area contributed by atoms with Crippen molar-refractivity contribution in [1.29, 1.82) is 0 Å². The number of nitrogens with zero attached hydrogens (tertiary/aromatic N) is 1. The zero-order valence-corrected chi connectivity index (χ0v) is 15.6. The number of allylic oxidation sites excluding steroid dienone is 2. The summed E-state index contributed by atoms with van der Waals surface area (Å²) in [5.74, 6) is 1.58. The highest BCUT2D eigenvalue weighted by atomic mass is 35.5. The van der Waals surface area contributed by atoms with E-state index in [2.05, 4.69) is 56.5 Å². The van der Waals surface area contributed by atoms with Gasteiger partial charge >= 0.3 is 0 Å². The van der Waals surface area contributed by atoms with E-state index in [0.29, 0.717) is 5.02 Å². The lowest BCUT2D eigenvalue weighted by Gasteiger charge is -2.25. The van der Waals surface area contributed by atoms with Gasteiger partial charge in [0.1, 0.15) is 11.6 Å². The fourth-order valence-corrected chi connectivity index (χ4v) is 2.47. The van der Waals surface area contributed by atoms with Crippen LogP contribution in [0.4, 0.5) is 11.6 Å². The molecule has 2 N–H and O–H groups in total. The fraction of sp³-hybridized carbons (Fsp3) is 0.526. The number of rotatable bonds is 10. The van der Waals surface area contributed by atoms with Crippen LogP contribution < -0.4 is 10.6 Å². The molecule has 0 aliphatic carbocycles. The average molecular weight is 336 g/mol. The lowest BCUT2D eigenvalue weighted by atomic mass is 9.89. The van der Waals surface area contributed by atoms with Gasteiger partial charge in [-0.3, -0.25) is 0 Å². The van der Waals surface area contributed by atoms with Crippen LogP contribution in [0, 0.1) is 10.8 Å². The Morgan fingerprint density at radius 2 is 1.35 bits per heavy atom. The van der Waals surface area contributed by atoms with E-state index in [1.165, 1.54) is 0 Å². The number of hydrogen-bond acceptors (Lipinski definition) is 3. The van der Waals surface area contributed by atoms with Crippen molar-refractivity contribution in [1.82, 2.24) is 4.98 Å². The van der Waals surface area contributed by atoms with Crippen LogP contribution >= 0.6 is 11.6 Å². The van der Waals surface area contributed by atoms with E-state index in [9.17, 15) is 0 Å². The molecule has 1 heterocycles. The van der Waals surface area contributed by atoms with Gasteiger partial charge in [0.15, 0.2) is 0 Å². The predicted octanol–water partition coefficient (Wildman–Crippen LogP) is 5.76. The van der Waals surface area contributed by atoms with Crippen molar-refractivity contribution >= 4 is 23.2 Å². The lowest BCUT2D eigenvalue weighted by molar-refractivity contribution is 0.397. The summed E-state index contributed by atoms with van der Waals surface area (Å²) < 4.78 is 0. The third-order valence-electron chi connectivity index (χ3n) is 3.68. The van der Waals surface area contributed by atoms with Crippen molar-refractivity contribution in [2.45, 2.75) is 40.5 Å². The van der Waals surface area contributed by atoms with Crippen LogP contribution in [0.25, 0.3) is 0 Å². The molecule has 0 bridgehead atoms. The summed E-state index contributed by atoms with van der Waals surface area (Å²) in [6.45, 7) is 18.0. The van der Waals surface area contributed by atoms with Crippen molar-refractivity contribution in [3.8, 4) is 0 Å². The molecule has 0 fully saturated rings. The summed E-state index contributed by atoms with van der Waals surface area (Å²) in [5.41, 5.74) is 0.260. The molecular weight excluding hydrogens is 306 g/mol. The number of anilines is 2. The van der Waals surface area contributed by atoms with Crippen LogP contribution in [0.15, 0.2) is 37.4 Å². The quantitative estimate of drug-likeness (QED) is 0.533. The first-order valence-corrected chi connectivity index (χ1v) is 8.42. The van der Waals surface area contributed by atoms with Crippen LogP contribution in [0.5, 0.6) is 0 Å². The van der Waals surface area contributed by atoms with Gasteiger partial charge in [0.25, 0.3) is 0 Å². The number of hydrogen-bond donors (Lipinski definition) is 2. The van der Waals surface area contributed by atoms with Gasteiger partial charge < -0.3 is 10.6 Å². The molecule has 0 amide bonds. The third kappa shape index (κ3) is 7.56. The van der Waals surface area contributed by atoms with E-state index in [1.807, 2.05) is 24.3 Å². The molecule has 0 radical (unpaired) electrons. The van der Waals surface area contributed by atoms with Crippen LogP contribution in [0.1, 0.15) is 40.5 Å². The average Bonchev–Trinajstić information content (AvgIpc) is 2.43. The highest BCUT2D eigenvalue weighted by Gasteiger charge is 2.17. The molecule has 0 aliphatic heterocycles. The molecule has 0 aliphatic rings. The zero-order valence-electron chi connectivity index (χ0n) is 14.9. The first kappa shape index (κ1) is 19.6. The molecule has 0 aromatic carbocycles. The summed E-state index contributed by atoms with van der Waals surface area (Å²) in [6, 6.07) is 3.71. The summed E-state index contributed by atoms with van der Waals surface area (Å²) in [4.78, 5) is 4.60. The highest BCUT2D eigenvalue weighted by Crippen LogP contribution is 2.25. The maximum atomic E-state index is 6.22. The number of aromatic nitrogens is 1. The number of halogens is 1. The van der Waals surface area contributed by atoms with Crippen molar-refractivity contribution in [3.63, 3.8) is 0 Å². The van der Waals surface area contributed by atoms with E-state index < -0.39 is 0 Å². The van der Waals surface area contributed by atoms with E-state index in [1.54, 1.807) is 0 Å². The Labute approximate surface area is 146 Å². The highest BCUT2D eigenvalue weighted by molar-refractivity contribution is 6.31. The standard InChI is InChI=1S/C19H30ClN3/c1-7-9-18(3,4)13-21-16-11-15(20)12-17(23-16)22-14-19(5,6)10-8-2/h7-8,11-12H,1-2,9-10,13-14H2,3-6H3,(H2,21,22,23). The van der Waals surface area contributed by atoms with Gasteiger partial charge in [-0.15, -0.1) is 13.2 Å². The lowest BCUT2D eigenvalue weighted by Crippen LogP contribution is -2.24. The number of pyridine rings is 1. The smallest absolute Gasteiger partial charge is 0.129 e. The molecule has 3 nitrogen and oxygen atoms in total. The third-order valence-corrected chi connectivity index (χ3v) is 3.90. The number of nitrogens with one attached hydrogen (secondary N) is 2. The molecule has 0 unspecified atom stereocenters. The second kappa shape index (κ2) is 8.39. The fourth-order valence-electron chi connectivity index (χ4n) is 2.26. The molecule has 0 atom stereocenters. The molecule has 1 rings (SSSR count). The molecule has 0 saturated heterocycles. The Morgan fingerprint density at radius 1 is 0.957 bits per heavy atom. The Kier molecular flexibility index (Phi) is 7.14. The summed E-state index contributed by atoms with van der Waals surface area (Å²) in [5, 5.41) is 7.42. The van der Waals surface area contributed by atoms with Gasteiger partial charge in [0.05, 0.1) is 0 Å². The Bertz CT molecular complexity index is 491. The second-order valence-electron chi connectivity index (χ2n) is 7.58. The Balaban J connectivity index is 2.72. The van der Waals surface area contributed by atoms with E-state index in [0.717, 1.165) is 37.6 Å². The van der Waals surface area contributed by atoms with Crippen LogP contribution in [-0.2, 0) is 0 Å². The summed E-state index contributed by atoms with van der Waals surface area (Å²) in [7, 11) is 0. The molecule has 1 aromatic heterocycles. The van der Waals surface area contributed by atoms with Gasteiger partial charge in [0.2, 0.25) is 0 Å². The summed E-state index contributed by atoms with van der Waals surface area (Å²) >= 11 is 6.22. The normalized spacial score (nSPS) is 11.9. The SMILES string of the molecule is C=CCC(C)(C)CNc1cc(Cl)cc(NCC(C)(C)CC=C)n1. The topological polar surface area (TPSA) is 37.0 Å². The summed E-state index contributed by atoms with van der Waals surface area (Å²) in [6.07, 6.45) is 5.78. The largest absolute Gasteiger partial charge is 0.369 e. The molecule has 0 saturated carbocycles. The molecule has 4 heteroatoms. The Hall–Kier alpha value is -1.48. The molecular formula is C19H30ClN3. The van der Waals surface area contributed by atoms with E-state index in [-0.39, 0.29) is 10.8 Å². The molecule has 128 valence electrons.